The Labute approximate surface area is 177 Å². The SMILES string of the molecule is COc1ccc(C(=O)C=CNc2ccc(S(=O)(=O)N3CCCCC3)cc2)cc1OC. The molecule has 0 unspecified atom stereocenters. The van der Waals surface area contributed by atoms with Gasteiger partial charge in [0.1, 0.15) is 0 Å². The van der Waals surface area contributed by atoms with Gasteiger partial charge in [0.15, 0.2) is 17.3 Å². The van der Waals surface area contributed by atoms with E-state index in [1.807, 2.05) is 0 Å². The van der Waals surface area contributed by atoms with E-state index >= 15 is 0 Å². The molecule has 2 aromatic carbocycles. The van der Waals surface area contributed by atoms with Gasteiger partial charge < -0.3 is 14.8 Å². The summed E-state index contributed by atoms with van der Waals surface area (Å²) in [4.78, 5) is 12.6. The zero-order valence-electron chi connectivity index (χ0n) is 17.1. The second kappa shape index (κ2) is 9.77. The van der Waals surface area contributed by atoms with E-state index in [2.05, 4.69) is 5.32 Å². The van der Waals surface area contributed by atoms with Crippen molar-refractivity contribution in [2.45, 2.75) is 24.2 Å². The molecule has 0 saturated carbocycles. The first kappa shape index (κ1) is 21.9. The molecule has 0 bridgehead atoms. The van der Waals surface area contributed by atoms with Crippen LogP contribution in [0.25, 0.3) is 0 Å². The van der Waals surface area contributed by atoms with Gasteiger partial charge in [0.2, 0.25) is 10.0 Å². The highest BCUT2D eigenvalue weighted by Crippen LogP contribution is 2.28. The molecule has 0 aliphatic carbocycles. The molecule has 0 aromatic heterocycles. The number of ketones is 1. The second-order valence-corrected chi connectivity index (χ2v) is 8.84. The number of hydrogen-bond acceptors (Lipinski definition) is 6. The van der Waals surface area contributed by atoms with Gasteiger partial charge in [0.25, 0.3) is 0 Å². The number of nitrogens with one attached hydrogen (secondary N) is 1. The quantitative estimate of drug-likeness (QED) is 0.508. The number of nitrogens with zero attached hydrogens (tertiary/aromatic N) is 1. The molecule has 1 N–H and O–H groups in total. The highest BCUT2D eigenvalue weighted by Gasteiger charge is 2.25. The molecule has 7 nitrogen and oxygen atoms in total. The van der Waals surface area contributed by atoms with Crippen LogP contribution in [0.5, 0.6) is 11.5 Å². The van der Waals surface area contributed by atoms with Crippen LogP contribution in [0.4, 0.5) is 5.69 Å². The molecule has 0 radical (unpaired) electrons. The van der Waals surface area contributed by atoms with Crippen LogP contribution in [-0.2, 0) is 10.0 Å². The number of sulfonamides is 1. The maximum atomic E-state index is 12.7. The number of anilines is 1. The Balaban J connectivity index is 1.63. The molecule has 8 heteroatoms. The molecule has 0 amide bonds. The summed E-state index contributed by atoms with van der Waals surface area (Å²) >= 11 is 0. The van der Waals surface area contributed by atoms with Gasteiger partial charge in [-0.05, 0) is 55.3 Å². The number of piperidine rings is 1. The Morgan fingerprint density at radius 2 is 1.63 bits per heavy atom. The van der Waals surface area contributed by atoms with E-state index in [-0.39, 0.29) is 10.7 Å². The third-order valence-corrected chi connectivity index (χ3v) is 6.87. The minimum Gasteiger partial charge on any atom is -0.493 e. The van der Waals surface area contributed by atoms with Gasteiger partial charge in [-0.25, -0.2) is 8.42 Å². The predicted molar refractivity (Wildman–Crippen MR) is 116 cm³/mol. The van der Waals surface area contributed by atoms with Crippen molar-refractivity contribution in [3.8, 4) is 11.5 Å². The van der Waals surface area contributed by atoms with Gasteiger partial charge in [0, 0.05) is 36.6 Å². The number of carbonyl (C=O) groups is 1. The van der Waals surface area contributed by atoms with Crippen LogP contribution >= 0.6 is 0 Å². The van der Waals surface area contributed by atoms with Crippen LogP contribution in [0, 0.1) is 0 Å². The maximum absolute atomic E-state index is 12.7. The van der Waals surface area contributed by atoms with Gasteiger partial charge in [-0.1, -0.05) is 6.42 Å². The van der Waals surface area contributed by atoms with Crippen molar-refractivity contribution in [3.63, 3.8) is 0 Å². The number of hydrogen-bond donors (Lipinski definition) is 1. The fourth-order valence-electron chi connectivity index (χ4n) is 3.28. The molecule has 1 aliphatic rings. The van der Waals surface area contributed by atoms with Crippen LogP contribution in [0.1, 0.15) is 29.6 Å². The summed E-state index contributed by atoms with van der Waals surface area (Å²) in [5, 5.41) is 2.99. The first-order valence-electron chi connectivity index (χ1n) is 9.75. The van der Waals surface area contributed by atoms with Crippen LogP contribution < -0.4 is 14.8 Å². The van der Waals surface area contributed by atoms with Crippen LogP contribution in [0.2, 0.25) is 0 Å². The number of carbonyl (C=O) groups excluding carboxylic acids is 1. The first-order chi connectivity index (χ1) is 14.5. The highest BCUT2D eigenvalue weighted by molar-refractivity contribution is 7.89. The molecule has 160 valence electrons. The monoisotopic (exact) mass is 430 g/mol. The fourth-order valence-corrected chi connectivity index (χ4v) is 4.79. The van der Waals surface area contributed by atoms with E-state index in [1.54, 1.807) is 46.8 Å². The zero-order valence-corrected chi connectivity index (χ0v) is 17.9. The normalized spacial score (nSPS) is 15.1. The third-order valence-electron chi connectivity index (χ3n) is 4.96. The van der Waals surface area contributed by atoms with Gasteiger partial charge >= 0.3 is 0 Å². The fraction of sp³-hybridized carbons (Fsp3) is 0.318. The van der Waals surface area contributed by atoms with Crippen molar-refractivity contribution in [2.75, 3.05) is 32.6 Å². The summed E-state index contributed by atoms with van der Waals surface area (Å²) < 4.78 is 37.3. The summed E-state index contributed by atoms with van der Waals surface area (Å²) in [5.41, 5.74) is 1.15. The minimum atomic E-state index is -3.45. The highest BCUT2D eigenvalue weighted by atomic mass is 32.2. The lowest BCUT2D eigenvalue weighted by molar-refractivity contribution is 0.104. The Bertz CT molecular complexity index is 1010. The number of ether oxygens (including phenoxy) is 2. The molecule has 2 aromatic rings. The Kier molecular flexibility index (Phi) is 7.12. The Hall–Kier alpha value is -2.84. The number of allylic oxidation sites excluding steroid dienone is 1. The average molecular weight is 431 g/mol. The summed E-state index contributed by atoms with van der Waals surface area (Å²) in [6, 6.07) is 11.5. The van der Waals surface area contributed by atoms with Gasteiger partial charge in [0.05, 0.1) is 19.1 Å². The predicted octanol–water partition coefficient (Wildman–Crippen LogP) is 3.69. The standard InChI is InChI=1S/C22H26N2O5S/c1-28-21-11-6-17(16-22(21)29-2)20(25)12-13-23-18-7-9-19(10-8-18)30(26,27)24-14-4-3-5-15-24/h6-13,16,23H,3-5,14-15H2,1-2H3. The van der Waals surface area contributed by atoms with Crippen molar-refractivity contribution in [1.82, 2.24) is 4.31 Å². The Morgan fingerprint density at radius 3 is 2.27 bits per heavy atom. The topological polar surface area (TPSA) is 84.9 Å². The lowest BCUT2D eigenvalue weighted by Gasteiger charge is -2.25. The van der Waals surface area contributed by atoms with Crippen molar-refractivity contribution < 1.29 is 22.7 Å². The van der Waals surface area contributed by atoms with Gasteiger partial charge in [-0.2, -0.15) is 4.31 Å². The molecular weight excluding hydrogens is 404 g/mol. The molecule has 30 heavy (non-hydrogen) atoms. The van der Waals surface area contributed by atoms with Crippen LogP contribution in [0.3, 0.4) is 0 Å². The largest absolute Gasteiger partial charge is 0.493 e. The van der Waals surface area contributed by atoms with Crippen molar-refractivity contribution in [1.29, 1.82) is 0 Å². The van der Waals surface area contributed by atoms with E-state index < -0.39 is 10.0 Å². The van der Waals surface area contributed by atoms with Crippen LogP contribution in [0.15, 0.2) is 59.6 Å². The number of benzene rings is 2. The van der Waals surface area contributed by atoms with E-state index in [0.717, 1.165) is 19.3 Å². The average Bonchev–Trinajstić information content (AvgIpc) is 2.79. The lowest BCUT2D eigenvalue weighted by Crippen LogP contribution is -2.35. The molecule has 3 rings (SSSR count). The lowest BCUT2D eigenvalue weighted by atomic mass is 10.1. The maximum Gasteiger partial charge on any atom is 0.243 e. The van der Waals surface area contributed by atoms with E-state index in [0.29, 0.717) is 35.8 Å². The molecular formula is C22H26N2O5S. The summed E-state index contributed by atoms with van der Waals surface area (Å²) in [6.07, 6.45) is 5.80. The van der Waals surface area contributed by atoms with Crippen molar-refractivity contribution in [2.24, 2.45) is 0 Å². The van der Waals surface area contributed by atoms with E-state index in [9.17, 15) is 13.2 Å². The van der Waals surface area contributed by atoms with Crippen LogP contribution in [-0.4, -0.2) is 45.8 Å². The first-order valence-corrected chi connectivity index (χ1v) is 11.2. The van der Waals surface area contributed by atoms with E-state index in [1.165, 1.54) is 26.5 Å². The van der Waals surface area contributed by atoms with Crippen molar-refractivity contribution >= 4 is 21.5 Å². The Morgan fingerprint density at radius 1 is 0.967 bits per heavy atom. The van der Waals surface area contributed by atoms with Gasteiger partial charge in [-0.15, -0.1) is 0 Å². The molecule has 1 aliphatic heterocycles. The molecule has 1 fully saturated rings. The molecule has 1 saturated heterocycles. The summed E-state index contributed by atoms with van der Waals surface area (Å²) in [6.45, 7) is 1.15. The summed E-state index contributed by atoms with van der Waals surface area (Å²) in [7, 11) is -0.403. The minimum absolute atomic E-state index is 0.201. The smallest absolute Gasteiger partial charge is 0.243 e. The van der Waals surface area contributed by atoms with Crippen molar-refractivity contribution in [3.05, 3.63) is 60.3 Å². The summed E-state index contributed by atoms with van der Waals surface area (Å²) in [5.74, 6) is 0.832. The van der Waals surface area contributed by atoms with Gasteiger partial charge in [-0.3, -0.25) is 4.79 Å². The molecule has 0 spiro atoms. The second-order valence-electron chi connectivity index (χ2n) is 6.90. The third kappa shape index (κ3) is 5.01. The molecule has 1 heterocycles. The number of methoxy groups -OCH3 is 2. The zero-order chi connectivity index (χ0) is 21.6. The molecule has 0 atom stereocenters. The van der Waals surface area contributed by atoms with E-state index in [4.69, 9.17) is 9.47 Å². The number of rotatable bonds is 8.